The quantitative estimate of drug-likeness (QED) is 0.367. The van der Waals surface area contributed by atoms with Crippen molar-refractivity contribution >= 4 is 23.6 Å². The van der Waals surface area contributed by atoms with Crippen LogP contribution < -0.4 is 5.32 Å². The fourth-order valence-electron chi connectivity index (χ4n) is 2.27. The van der Waals surface area contributed by atoms with Crippen molar-refractivity contribution in [3.05, 3.63) is 67.3 Å². The van der Waals surface area contributed by atoms with E-state index < -0.39 is 29.7 Å². The van der Waals surface area contributed by atoms with Crippen molar-refractivity contribution in [1.82, 2.24) is 5.32 Å². The molecule has 156 valence electrons. The SMILES string of the molecule is C=CC(=O)OCC(COC(=O)NC(C)(C)c1cccc(C(=C)C)c1)OC(=O)C=C. The molecule has 0 spiro atoms. The molecule has 0 bridgehead atoms. The fourth-order valence-corrected chi connectivity index (χ4v) is 2.27. The van der Waals surface area contributed by atoms with Crippen LogP contribution in [0.15, 0.2) is 56.2 Å². The monoisotopic (exact) mass is 401 g/mol. The normalized spacial score (nSPS) is 11.6. The van der Waals surface area contributed by atoms with E-state index in [1.165, 1.54) is 0 Å². The molecule has 0 aliphatic rings. The number of rotatable bonds is 10. The molecule has 0 heterocycles. The Morgan fingerprint density at radius 3 is 2.31 bits per heavy atom. The fraction of sp³-hybridized carbons (Fsp3) is 0.318. The summed E-state index contributed by atoms with van der Waals surface area (Å²) in [5.74, 6) is -1.42. The highest BCUT2D eigenvalue weighted by atomic mass is 16.6. The van der Waals surface area contributed by atoms with Gasteiger partial charge in [-0.3, -0.25) is 0 Å². The van der Waals surface area contributed by atoms with E-state index in [2.05, 4.69) is 25.1 Å². The van der Waals surface area contributed by atoms with E-state index in [1.807, 2.05) is 45.0 Å². The van der Waals surface area contributed by atoms with Gasteiger partial charge in [-0.2, -0.15) is 0 Å². The standard InChI is InChI=1S/C22H27NO6/c1-7-19(24)27-13-18(29-20(25)8-2)14-28-21(26)23-22(5,6)17-11-9-10-16(12-17)15(3)4/h7-12,18H,1-3,13-14H2,4-6H3,(H,23,26). The van der Waals surface area contributed by atoms with Crippen molar-refractivity contribution in [3.63, 3.8) is 0 Å². The Morgan fingerprint density at radius 1 is 1.10 bits per heavy atom. The summed E-state index contributed by atoms with van der Waals surface area (Å²) in [6.45, 7) is 15.5. The number of hydrogen-bond acceptors (Lipinski definition) is 6. The maximum Gasteiger partial charge on any atom is 0.407 e. The minimum Gasteiger partial charge on any atom is -0.458 e. The van der Waals surface area contributed by atoms with Crippen LogP contribution in [0.3, 0.4) is 0 Å². The Morgan fingerprint density at radius 2 is 1.72 bits per heavy atom. The lowest BCUT2D eigenvalue weighted by Crippen LogP contribution is -2.42. The predicted molar refractivity (Wildman–Crippen MR) is 110 cm³/mol. The van der Waals surface area contributed by atoms with Gasteiger partial charge in [-0.1, -0.05) is 43.5 Å². The Balaban J connectivity index is 2.73. The lowest BCUT2D eigenvalue weighted by atomic mass is 9.92. The van der Waals surface area contributed by atoms with Gasteiger partial charge in [0.25, 0.3) is 0 Å². The number of amides is 1. The Hall–Kier alpha value is -3.35. The summed E-state index contributed by atoms with van der Waals surface area (Å²) in [5.41, 5.74) is 2.01. The zero-order valence-corrected chi connectivity index (χ0v) is 17.0. The number of carbonyl (C=O) groups excluding carboxylic acids is 3. The van der Waals surface area contributed by atoms with Crippen LogP contribution >= 0.6 is 0 Å². The van der Waals surface area contributed by atoms with Gasteiger partial charge >= 0.3 is 18.0 Å². The van der Waals surface area contributed by atoms with Crippen LogP contribution in [-0.2, 0) is 29.3 Å². The molecule has 7 nitrogen and oxygen atoms in total. The maximum absolute atomic E-state index is 12.3. The zero-order chi connectivity index (χ0) is 22.0. The van der Waals surface area contributed by atoms with Crippen molar-refractivity contribution in [2.24, 2.45) is 0 Å². The van der Waals surface area contributed by atoms with Crippen molar-refractivity contribution in [2.45, 2.75) is 32.4 Å². The topological polar surface area (TPSA) is 90.9 Å². The average Bonchev–Trinajstić information content (AvgIpc) is 2.69. The van der Waals surface area contributed by atoms with E-state index in [9.17, 15) is 14.4 Å². The molecule has 0 aliphatic carbocycles. The highest BCUT2D eigenvalue weighted by Gasteiger charge is 2.25. The van der Waals surface area contributed by atoms with E-state index in [0.717, 1.165) is 28.9 Å². The Kier molecular flexibility index (Phi) is 8.86. The highest BCUT2D eigenvalue weighted by Crippen LogP contribution is 2.23. The smallest absolute Gasteiger partial charge is 0.407 e. The molecule has 1 atom stereocenters. The van der Waals surface area contributed by atoms with E-state index in [0.29, 0.717) is 0 Å². The number of nitrogens with one attached hydrogen (secondary N) is 1. The summed E-state index contributed by atoms with van der Waals surface area (Å²) in [4.78, 5) is 34.9. The molecule has 0 saturated carbocycles. The number of hydrogen-bond donors (Lipinski definition) is 1. The molecule has 0 saturated heterocycles. The molecule has 1 rings (SSSR count). The van der Waals surface area contributed by atoms with Crippen molar-refractivity contribution in [1.29, 1.82) is 0 Å². The molecule has 1 N–H and O–H groups in total. The molecule has 0 fully saturated rings. The van der Waals surface area contributed by atoms with Crippen LogP contribution in [0, 0.1) is 0 Å². The van der Waals surface area contributed by atoms with Gasteiger partial charge in [-0.05, 0) is 38.0 Å². The summed E-state index contributed by atoms with van der Waals surface area (Å²) < 4.78 is 15.0. The lowest BCUT2D eigenvalue weighted by Gasteiger charge is -2.27. The van der Waals surface area contributed by atoms with Gasteiger partial charge in [-0.25, -0.2) is 14.4 Å². The van der Waals surface area contributed by atoms with E-state index in [-0.39, 0.29) is 13.2 Å². The summed E-state index contributed by atoms with van der Waals surface area (Å²) >= 11 is 0. The molecule has 29 heavy (non-hydrogen) atoms. The predicted octanol–water partition coefficient (Wildman–Crippen LogP) is 3.51. The number of esters is 2. The van der Waals surface area contributed by atoms with Crippen molar-refractivity contribution in [2.75, 3.05) is 13.2 Å². The molecule has 0 radical (unpaired) electrons. The number of allylic oxidation sites excluding steroid dienone is 1. The molecular weight excluding hydrogens is 374 g/mol. The molecule has 1 aromatic carbocycles. The highest BCUT2D eigenvalue weighted by molar-refractivity contribution is 5.82. The van der Waals surface area contributed by atoms with E-state index >= 15 is 0 Å². The van der Waals surface area contributed by atoms with Crippen LogP contribution in [-0.4, -0.2) is 37.3 Å². The zero-order valence-electron chi connectivity index (χ0n) is 17.0. The molecule has 1 amide bonds. The molecule has 7 heteroatoms. The van der Waals surface area contributed by atoms with Crippen molar-refractivity contribution < 1.29 is 28.6 Å². The van der Waals surface area contributed by atoms with Gasteiger partial charge in [0.05, 0.1) is 5.54 Å². The lowest BCUT2D eigenvalue weighted by molar-refractivity contribution is -0.155. The third kappa shape index (κ3) is 8.04. The largest absolute Gasteiger partial charge is 0.458 e. The average molecular weight is 401 g/mol. The van der Waals surface area contributed by atoms with Gasteiger partial charge in [0, 0.05) is 12.2 Å². The van der Waals surface area contributed by atoms with Crippen LogP contribution in [0.4, 0.5) is 4.79 Å². The van der Waals surface area contributed by atoms with Crippen molar-refractivity contribution in [3.8, 4) is 0 Å². The molecular formula is C22H27NO6. The Bertz CT molecular complexity index is 796. The number of alkyl carbamates (subject to hydrolysis) is 1. The van der Waals surface area contributed by atoms with Crippen LogP contribution in [0.25, 0.3) is 5.57 Å². The number of benzene rings is 1. The minimum absolute atomic E-state index is 0.290. The summed E-state index contributed by atoms with van der Waals surface area (Å²) in [5, 5.41) is 2.76. The van der Waals surface area contributed by atoms with Gasteiger partial charge in [0.2, 0.25) is 0 Å². The second-order valence-corrected chi connectivity index (χ2v) is 6.81. The first-order chi connectivity index (χ1) is 13.6. The van der Waals surface area contributed by atoms with Gasteiger partial charge in [0.15, 0.2) is 6.10 Å². The first-order valence-electron chi connectivity index (χ1n) is 8.92. The number of ether oxygens (including phenoxy) is 3. The molecule has 1 unspecified atom stereocenters. The third-order valence-corrected chi connectivity index (χ3v) is 3.92. The second-order valence-electron chi connectivity index (χ2n) is 6.81. The maximum atomic E-state index is 12.3. The Labute approximate surface area is 171 Å². The van der Waals surface area contributed by atoms with E-state index in [1.54, 1.807) is 0 Å². The number of carbonyl (C=O) groups is 3. The van der Waals surface area contributed by atoms with Gasteiger partial charge in [0.1, 0.15) is 13.2 Å². The van der Waals surface area contributed by atoms with Crippen LogP contribution in [0.5, 0.6) is 0 Å². The molecule has 0 aromatic heterocycles. The van der Waals surface area contributed by atoms with Gasteiger partial charge in [-0.15, -0.1) is 0 Å². The second kappa shape index (κ2) is 10.8. The van der Waals surface area contributed by atoms with Crippen LogP contribution in [0.1, 0.15) is 31.9 Å². The first kappa shape index (κ1) is 23.7. The first-order valence-corrected chi connectivity index (χ1v) is 8.92. The van der Waals surface area contributed by atoms with Crippen LogP contribution in [0.2, 0.25) is 0 Å². The molecule has 0 aliphatic heterocycles. The summed E-state index contributed by atoms with van der Waals surface area (Å²) in [7, 11) is 0. The van der Waals surface area contributed by atoms with E-state index in [4.69, 9.17) is 14.2 Å². The van der Waals surface area contributed by atoms with Gasteiger partial charge < -0.3 is 19.5 Å². The summed E-state index contributed by atoms with van der Waals surface area (Å²) in [6, 6.07) is 7.64. The molecule has 1 aromatic rings. The third-order valence-electron chi connectivity index (χ3n) is 3.92. The minimum atomic E-state index is -0.981. The summed E-state index contributed by atoms with van der Waals surface area (Å²) in [6.07, 6.45) is 0.234.